The van der Waals surface area contributed by atoms with Crippen molar-refractivity contribution in [2.75, 3.05) is 51.0 Å². The number of piperazine rings is 1. The van der Waals surface area contributed by atoms with Gasteiger partial charge >= 0.3 is 0 Å². The second-order valence-electron chi connectivity index (χ2n) is 9.92. The summed E-state index contributed by atoms with van der Waals surface area (Å²) in [6, 6.07) is 21.0. The molecule has 9 nitrogen and oxygen atoms in total. The van der Waals surface area contributed by atoms with Crippen molar-refractivity contribution < 1.29 is 19.0 Å². The summed E-state index contributed by atoms with van der Waals surface area (Å²) in [6.45, 7) is 6.34. The molecule has 0 radical (unpaired) electrons. The molecule has 0 atom stereocenters. The molecule has 5 rings (SSSR count). The second-order valence-corrected chi connectivity index (χ2v) is 9.92. The van der Waals surface area contributed by atoms with Crippen LogP contribution in [0.3, 0.4) is 0 Å². The van der Waals surface area contributed by atoms with E-state index in [1.165, 1.54) is 0 Å². The van der Waals surface area contributed by atoms with Crippen LogP contribution < -0.4 is 24.8 Å². The van der Waals surface area contributed by atoms with Gasteiger partial charge in [-0.15, -0.1) is 0 Å². The first-order chi connectivity index (χ1) is 18.8. The molecule has 1 saturated heterocycles. The molecule has 202 valence electrons. The van der Waals surface area contributed by atoms with Gasteiger partial charge < -0.3 is 29.7 Å². The number of fused-ring (bicyclic) bond motifs is 1. The predicted octanol–water partition coefficient (Wildman–Crippen LogP) is 4.51. The second kappa shape index (κ2) is 10.7. The molecule has 1 aliphatic heterocycles. The number of hydrogen-bond donors (Lipinski definition) is 1. The van der Waals surface area contributed by atoms with Gasteiger partial charge in [0, 0.05) is 43.2 Å². The van der Waals surface area contributed by atoms with Crippen molar-refractivity contribution in [1.82, 2.24) is 14.9 Å². The van der Waals surface area contributed by atoms with E-state index < -0.39 is 5.60 Å². The maximum atomic E-state index is 13.2. The van der Waals surface area contributed by atoms with Crippen LogP contribution in [-0.4, -0.2) is 61.2 Å². The lowest BCUT2D eigenvalue weighted by Crippen LogP contribution is -2.49. The molecular formula is C30H33N5O4. The molecule has 0 aliphatic carbocycles. The zero-order valence-electron chi connectivity index (χ0n) is 22.7. The maximum absolute atomic E-state index is 13.2. The molecule has 1 aromatic heterocycles. The van der Waals surface area contributed by atoms with Crippen molar-refractivity contribution in [2.24, 2.45) is 0 Å². The molecule has 0 unspecified atom stereocenters. The highest BCUT2D eigenvalue weighted by Gasteiger charge is 2.26. The molecule has 0 saturated carbocycles. The lowest BCUT2D eigenvalue weighted by molar-refractivity contribution is 0.0746. The number of aromatic nitrogens is 2. The van der Waals surface area contributed by atoms with E-state index in [0.29, 0.717) is 71.7 Å². The average molecular weight is 528 g/mol. The van der Waals surface area contributed by atoms with Crippen molar-refractivity contribution in [1.29, 1.82) is 0 Å². The minimum atomic E-state index is -0.492. The number of anilines is 2. The van der Waals surface area contributed by atoms with Crippen molar-refractivity contribution in [2.45, 2.75) is 19.4 Å². The summed E-state index contributed by atoms with van der Waals surface area (Å²) in [5.41, 5.74) is 8.15. The summed E-state index contributed by atoms with van der Waals surface area (Å²) in [6.07, 6.45) is 0. The molecule has 9 heteroatoms. The van der Waals surface area contributed by atoms with E-state index in [2.05, 4.69) is 4.98 Å². The fourth-order valence-corrected chi connectivity index (χ4v) is 4.76. The Morgan fingerprint density at radius 1 is 0.872 bits per heavy atom. The number of methoxy groups -OCH3 is 2. The van der Waals surface area contributed by atoms with Gasteiger partial charge in [-0.3, -0.25) is 4.79 Å². The molecule has 1 amide bonds. The van der Waals surface area contributed by atoms with Crippen molar-refractivity contribution in [3.63, 3.8) is 0 Å². The Kier molecular flexibility index (Phi) is 7.15. The fourth-order valence-electron chi connectivity index (χ4n) is 4.76. The minimum absolute atomic E-state index is 0.0145. The van der Waals surface area contributed by atoms with Gasteiger partial charge in [-0.1, -0.05) is 30.3 Å². The Bertz CT molecular complexity index is 1470. The topological polar surface area (TPSA) is 103 Å². The highest BCUT2D eigenvalue weighted by molar-refractivity contribution is 5.94. The van der Waals surface area contributed by atoms with Crippen LogP contribution in [0.1, 0.15) is 29.8 Å². The van der Waals surface area contributed by atoms with Crippen molar-refractivity contribution >= 4 is 28.6 Å². The molecule has 1 aliphatic rings. The first-order valence-corrected chi connectivity index (χ1v) is 12.9. The average Bonchev–Trinajstić information content (AvgIpc) is 2.97. The third-order valence-electron chi connectivity index (χ3n) is 7.01. The summed E-state index contributed by atoms with van der Waals surface area (Å²) in [5, 5.41) is 0.699. The lowest BCUT2D eigenvalue weighted by atomic mass is 9.98. The SMILES string of the molecule is COc1cc2nc(N3CCN(C(=O)c4ccc(OC(C)(C)c5ccccc5)cc4)CC3)nc(N)c2cc1OC. The zero-order valence-corrected chi connectivity index (χ0v) is 22.7. The number of carbonyl (C=O) groups is 1. The normalized spacial score (nSPS) is 13.8. The van der Waals surface area contributed by atoms with E-state index in [1.807, 2.05) is 78.2 Å². The Balaban J connectivity index is 1.24. The van der Waals surface area contributed by atoms with Crippen LogP contribution in [0.4, 0.5) is 11.8 Å². The molecule has 2 heterocycles. The van der Waals surface area contributed by atoms with E-state index in [9.17, 15) is 4.79 Å². The van der Waals surface area contributed by atoms with Crippen LogP contribution in [0.2, 0.25) is 0 Å². The zero-order chi connectivity index (χ0) is 27.6. The number of rotatable bonds is 7. The molecule has 2 N–H and O–H groups in total. The Morgan fingerprint density at radius 2 is 1.51 bits per heavy atom. The van der Waals surface area contributed by atoms with Crippen LogP contribution in [0, 0.1) is 0 Å². The predicted molar refractivity (Wildman–Crippen MR) is 152 cm³/mol. The molecule has 0 bridgehead atoms. The van der Waals surface area contributed by atoms with Crippen molar-refractivity contribution in [3.8, 4) is 17.2 Å². The summed E-state index contributed by atoms with van der Waals surface area (Å²) >= 11 is 0. The standard InChI is InChI=1S/C30H33N5O4/c1-30(2,21-8-6-5-7-9-21)39-22-12-10-20(11-13-22)28(36)34-14-16-35(17-15-34)29-32-24-19-26(38-4)25(37-3)18-23(24)27(31)33-29/h5-13,18-19H,14-17H2,1-4H3,(H2,31,32,33). The largest absolute Gasteiger partial charge is 0.493 e. The van der Waals surface area contributed by atoms with Crippen LogP contribution in [0.5, 0.6) is 17.2 Å². The van der Waals surface area contributed by atoms with Gasteiger partial charge in [0.15, 0.2) is 11.5 Å². The third kappa shape index (κ3) is 5.38. The van der Waals surface area contributed by atoms with Crippen LogP contribution >= 0.6 is 0 Å². The number of nitrogens with two attached hydrogens (primary N) is 1. The van der Waals surface area contributed by atoms with Gasteiger partial charge in [0.2, 0.25) is 5.95 Å². The van der Waals surface area contributed by atoms with Gasteiger partial charge in [-0.05, 0) is 49.7 Å². The van der Waals surface area contributed by atoms with Gasteiger partial charge in [-0.25, -0.2) is 4.98 Å². The number of ether oxygens (including phenoxy) is 3. The van der Waals surface area contributed by atoms with E-state index in [4.69, 9.17) is 24.9 Å². The first-order valence-electron chi connectivity index (χ1n) is 12.9. The minimum Gasteiger partial charge on any atom is -0.493 e. The fraction of sp³-hybridized carbons (Fsp3) is 0.300. The third-order valence-corrected chi connectivity index (χ3v) is 7.01. The number of nitrogens with zero attached hydrogens (tertiary/aromatic N) is 4. The monoisotopic (exact) mass is 527 g/mol. The molecule has 0 spiro atoms. The number of carbonyl (C=O) groups excluding carboxylic acids is 1. The van der Waals surface area contributed by atoms with E-state index in [1.54, 1.807) is 26.4 Å². The quantitative estimate of drug-likeness (QED) is 0.375. The van der Waals surface area contributed by atoms with Gasteiger partial charge in [-0.2, -0.15) is 4.98 Å². The summed E-state index contributed by atoms with van der Waals surface area (Å²) in [7, 11) is 3.15. The summed E-state index contributed by atoms with van der Waals surface area (Å²) in [4.78, 5) is 26.3. The van der Waals surface area contributed by atoms with E-state index in [-0.39, 0.29) is 5.91 Å². The molecular weight excluding hydrogens is 494 g/mol. The summed E-state index contributed by atoms with van der Waals surface area (Å²) < 4.78 is 17.0. The first kappa shape index (κ1) is 26.1. The lowest BCUT2D eigenvalue weighted by Gasteiger charge is -2.35. The van der Waals surface area contributed by atoms with Gasteiger partial charge in [0.25, 0.3) is 5.91 Å². The van der Waals surface area contributed by atoms with Gasteiger partial charge in [0.05, 0.1) is 19.7 Å². The van der Waals surface area contributed by atoms with Crippen LogP contribution in [0.25, 0.3) is 10.9 Å². The number of benzene rings is 3. The molecule has 39 heavy (non-hydrogen) atoms. The van der Waals surface area contributed by atoms with Crippen LogP contribution in [0.15, 0.2) is 66.7 Å². The van der Waals surface area contributed by atoms with E-state index in [0.717, 1.165) is 5.56 Å². The van der Waals surface area contributed by atoms with Gasteiger partial charge in [0.1, 0.15) is 17.2 Å². The highest BCUT2D eigenvalue weighted by atomic mass is 16.5. The highest BCUT2D eigenvalue weighted by Crippen LogP contribution is 2.34. The Morgan fingerprint density at radius 3 is 2.15 bits per heavy atom. The number of amides is 1. The van der Waals surface area contributed by atoms with Crippen molar-refractivity contribution in [3.05, 3.63) is 77.9 Å². The molecule has 3 aromatic carbocycles. The van der Waals surface area contributed by atoms with Crippen LogP contribution in [-0.2, 0) is 5.60 Å². The number of hydrogen-bond acceptors (Lipinski definition) is 8. The molecule has 4 aromatic rings. The summed E-state index contributed by atoms with van der Waals surface area (Å²) in [5.74, 6) is 2.74. The molecule has 1 fully saturated rings. The number of nitrogen functional groups attached to an aromatic ring is 1. The maximum Gasteiger partial charge on any atom is 0.253 e. The Labute approximate surface area is 228 Å². The van der Waals surface area contributed by atoms with E-state index >= 15 is 0 Å². The smallest absolute Gasteiger partial charge is 0.253 e. The Hall–Kier alpha value is -4.53.